The number of nitrogens with zero attached hydrogens (tertiary/aromatic N) is 2. The zero-order valence-electron chi connectivity index (χ0n) is 10.2. The van der Waals surface area contributed by atoms with Crippen molar-refractivity contribution in [2.45, 2.75) is 20.3 Å². The van der Waals surface area contributed by atoms with Crippen LogP contribution in [-0.4, -0.2) is 16.6 Å². The molecule has 0 fully saturated rings. The molecule has 0 atom stereocenters. The summed E-state index contributed by atoms with van der Waals surface area (Å²) in [7, 11) is 0. The Balaban J connectivity index is 2.37. The average molecular weight is 228 g/mol. The van der Waals surface area contributed by atoms with Crippen LogP contribution in [0.3, 0.4) is 0 Å². The molecule has 17 heavy (non-hydrogen) atoms. The average Bonchev–Trinajstić information content (AvgIpc) is 2.36. The summed E-state index contributed by atoms with van der Waals surface area (Å²) >= 11 is 0. The molecule has 0 aliphatic carbocycles. The molecular weight excluding hydrogens is 212 g/mol. The van der Waals surface area contributed by atoms with E-state index in [1.54, 1.807) is 6.33 Å². The molecule has 3 heteroatoms. The van der Waals surface area contributed by atoms with Gasteiger partial charge in [0, 0.05) is 16.6 Å². The van der Waals surface area contributed by atoms with E-state index in [0.29, 0.717) is 12.4 Å². The van der Waals surface area contributed by atoms with Crippen molar-refractivity contribution in [3.05, 3.63) is 42.4 Å². The monoisotopic (exact) mass is 228 g/mol. The van der Waals surface area contributed by atoms with Crippen molar-refractivity contribution in [3.8, 4) is 0 Å². The van der Waals surface area contributed by atoms with Crippen molar-refractivity contribution in [2.75, 3.05) is 6.61 Å². The van der Waals surface area contributed by atoms with E-state index in [9.17, 15) is 0 Å². The fraction of sp³-hybridized carbons (Fsp3) is 0.286. The van der Waals surface area contributed by atoms with Crippen LogP contribution in [0.25, 0.3) is 16.7 Å². The molecule has 2 rings (SSSR count). The van der Waals surface area contributed by atoms with E-state index in [0.717, 1.165) is 28.6 Å². The number of aryl methyl sites for hydroxylation is 1. The van der Waals surface area contributed by atoms with E-state index in [2.05, 4.69) is 23.5 Å². The van der Waals surface area contributed by atoms with Gasteiger partial charge < -0.3 is 4.74 Å². The van der Waals surface area contributed by atoms with Gasteiger partial charge in [-0.3, -0.25) is 0 Å². The topological polar surface area (TPSA) is 35.0 Å². The molecule has 0 aliphatic rings. The van der Waals surface area contributed by atoms with Crippen LogP contribution in [0.5, 0.6) is 0 Å². The first-order valence-corrected chi connectivity index (χ1v) is 5.76. The van der Waals surface area contributed by atoms with Gasteiger partial charge in [0.05, 0.1) is 12.1 Å². The quantitative estimate of drug-likeness (QED) is 0.753. The molecule has 1 heterocycles. The summed E-state index contributed by atoms with van der Waals surface area (Å²) in [5, 5.41) is 1.05. The normalized spacial score (nSPS) is 10.5. The maximum atomic E-state index is 5.53. The Kier molecular flexibility index (Phi) is 3.38. The largest absolute Gasteiger partial charge is 0.494 e. The summed E-state index contributed by atoms with van der Waals surface area (Å²) in [6.45, 7) is 8.68. The van der Waals surface area contributed by atoms with E-state index in [1.807, 2.05) is 25.1 Å². The first-order valence-electron chi connectivity index (χ1n) is 5.76. The van der Waals surface area contributed by atoms with Gasteiger partial charge in [0.1, 0.15) is 12.1 Å². The molecule has 0 radical (unpaired) electrons. The van der Waals surface area contributed by atoms with Gasteiger partial charge >= 0.3 is 0 Å². The molecule has 88 valence electrons. The summed E-state index contributed by atoms with van der Waals surface area (Å²) in [4.78, 5) is 8.41. The van der Waals surface area contributed by atoms with Gasteiger partial charge in [-0.2, -0.15) is 0 Å². The summed E-state index contributed by atoms with van der Waals surface area (Å²) < 4.78 is 5.53. The lowest BCUT2D eigenvalue weighted by Gasteiger charge is -2.09. The van der Waals surface area contributed by atoms with Gasteiger partial charge in [0.25, 0.3) is 0 Å². The van der Waals surface area contributed by atoms with Crippen LogP contribution in [0, 0.1) is 6.92 Å². The highest BCUT2D eigenvalue weighted by Gasteiger charge is 2.04. The van der Waals surface area contributed by atoms with Crippen molar-refractivity contribution < 1.29 is 4.74 Å². The van der Waals surface area contributed by atoms with Gasteiger partial charge in [-0.25, -0.2) is 9.97 Å². The molecule has 1 aromatic heterocycles. The van der Waals surface area contributed by atoms with Crippen molar-refractivity contribution >= 4 is 16.7 Å². The van der Waals surface area contributed by atoms with Gasteiger partial charge in [0.15, 0.2) is 0 Å². The lowest BCUT2D eigenvalue weighted by atomic mass is 10.1. The lowest BCUT2D eigenvalue weighted by molar-refractivity contribution is 0.278. The van der Waals surface area contributed by atoms with Crippen LogP contribution >= 0.6 is 0 Å². The number of hydrogen-bond acceptors (Lipinski definition) is 3. The zero-order valence-corrected chi connectivity index (χ0v) is 10.2. The highest BCUT2D eigenvalue weighted by molar-refractivity contribution is 5.83. The predicted molar refractivity (Wildman–Crippen MR) is 69.6 cm³/mol. The Bertz CT molecular complexity index is 549. The number of rotatable bonds is 4. The second kappa shape index (κ2) is 4.95. The Morgan fingerprint density at radius 3 is 2.94 bits per heavy atom. The zero-order chi connectivity index (χ0) is 12.3. The molecule has 0 amide bonds. The van der Waals surface area contributed by atoms with E-state index < -0.39 is 0 Å². The summed E-state index contributed by atoms with van der Waals surface area (Å²) in [6, 6.07) is 5.98. The Hall–Kier alpha value is -1.90. The molecule has 3 nitrogen and oxygen atoms in total. The second-order valence-corrected chi connectivity index (χ2v) is 3.96. The first kappa shape index (κ1) is 11.6. The molecule has 0 spiro atoms. The Labute approximate surface area is 101 Å². The van der Waals surface area contributed by atoms with Crippen LogP contribution in [0.2, 0.25) is 0 Å². The highest BCUT2D eigenvalue weighted by Crippen LogP contribution is 2.21. The lowest BCUT2D eigenvalue weighted by Crippen LogP contribution is -1.94. The van der Waals surface area contributed by atoms with Crippen LogP contribution in [0.15, 0.2) is 31.1 Å². The molecule has 0 N–H and O–H groups in total. The molecule has 0 aliphatic heterocycles. The van der Waals surface area contributed by atoms with Crippen molar-refractivity contribution in [3.63, 3.8) is 0 Å². The third kappa shape index (κ3) is 2.44. The molecule has 0 bridgehead atoms. The molecule has 0 saturated carbocycles. The van der Waals surface area contributed by atoms with E-state index in [1.165, 1.54) is 0 Å². The fourth-order valence-electron chi connectivity index (χ4n) is 1.67. The molecule has 0 saturated heterocycles. The minimum atomic E-state index is 0.696. The highest BCUT2D eigenvalue weighted by atomic mass is 16.5. The standard InChI is InChI=1S/C14H16N2O/c1-4-7-17-11(3)12-5-6-14-13(8-12)10(2)15-9-16-14/h5-6,8-9H,3-4,7H2,1-2H3. The van der Waals surface area contributed by atoms with E-state index in [-0.39, 0.29) is 0 Å². The SMILES string of the molecule is C=C(OCCC)c1ccc2ncnc(C)c2c1. The van der Waals surface area contributed by atoms with Crippen molar-refractivity contribution in [1.29, 1.82) is 0 Å². The fourth-order valence-corrected chi connectivity index (χ4v) is 1.67. The van der Waals surface area contributed by atoms with Crippen LogP contribution in [0.4, 0.5) is 0 Å². The molecular formula is C14H16N2O. The number of fused-ring (bicyclic) bond motifs is 1. The molecule has 0 unspecified atom stereocenters. The predicted octanol–water partition coefficient (Wildman–Crippen LogP) is 3.34. The minimum Gasteiger partial charge on any atom is -0.494 e. The number of ether oxygens (including phenoxy) is 1. The third-order valence-corrected chi connectivity index (χ3v) is 2.64. The van der Waals surface area contributed by atoms with Gasteiger partial charge in [-0.05, 0) is 31.5 Å². The van der Waals surface area contributed by atoms with Gasteiger partial charge in [-0.15, -0.1) is 0 Å². The maximum Gasteiger partial charge on any atom is 0.119 e. The Morgan fingerprint density at radius 2 is 2.18 bits per heavy atom. The van der Waals surface area contributed by atoms with Crippen molar-refractivity contribution in [1.82, 2.24) is 9.97 Å². The molecule has 2 aromatic rings. The van der Waals surface area contributed by atoms with Gasteiger partial charge in [0.2, 0.25) is 0 Å². The van der Waals surface area contributed by atoms with E-state index >= 15 is 0 Å². The van der Waals surface area contributed by atoms with Crippen LogP contribution < -0.4 is 0 Å². The number of hydrogen-bond donors (Lipinski definition) is 0. The second-order valence-electron chi connectivity index (χ2n) is 3.96. The maximum absolute atomic E-state index is 5.53. The van der Waals surface area contributed by atoms with Crippen LogP contribution in [-0.2, 0) is 4.74 Å². The third-order valence-electron chi connectivity index (χ3n) is 2.64. The molecule has 1 aromatic carbocycles. The van der Waals surface area contributed by atoms with Gasteiger partial charge in [-0.1, -0.05) is 13.5 Å². The smallest absolute Gasteiger partial charge is 0.119 e. The van der Waals surface area contributed by atoms with Crippen molar-refractivity contribution in [2.24, 2.45) is 0 Å². The van der Waals surface area contributed by atoms with E-state index in [4.69, 9.17) is 4.74 Å². The number of benzene rings is 1. The first-order chi connectivity index (χ1) is 8.22. The Morgan fingerprint density at radius 1 is 1.35 bits per heavy atom. The number of aromatic nitrogens is 2. The summed E-state index contributed by atoms with van der Waals surface area (Å²) in [5.41, 5.74) is 2.91. The van der Waals surface area contributed by atoms with Crippen LogP contribution in [0.1, 0.15) is 24.6 Å². The minimum absolute atomic E-state index is 0.696. The summed E-state index contributed by atoms with van der Waals surface area (Å²) in [6.07, 6.45) is 2.56. The summed E-state index contributed by atoms with van der Waals surface area (Å²) in [5.74, 6) is 0.706.